The van der Waals surface area contributed by atoms with E-state index in [9.17, 15) is 22.0 Å². The number of benzene rings is 3. The minimum absolute atomic E-state index is 0.146. The van der Waals surface area contributed by atoms with Crippen molar-refractivity contribution in [2.75, 3.05) is 29.4 Å². The lowest BCUT2D eigenvalue weighted by Gasteiger charge is -2.21. The molecule has 0 atom stereocenters. The highest BCUT2D eigenvalue weighted by Gasteiger charge is 2.33. The van der Waals surface area contributed by atoms with Crippen molar-refractivity contribution < 1.29 is 26.8 Å². The highest BCUT2D eigenvalue weighted by Crippen LogP contribution is 2.32. The lowest BCUT2D eigenvalue weighted by Crippen LogP contribution is -2.32. The quantitative estimate of drug-likeness (QED) is 0.115. The van der Waals surface area contributed by atoms with E-state index in [4.69, 9.17) is 0 Å². The fourth-order valence-corrected chi connectivity index (χ4v) is 6.48. The second-order valence-corrected chi connectivity index (χ2v) is 11.8. The van der Waals surface area contributed by atoms with Gasteiger partial charge in [-0.25, -0.2) is 18.7 Å². The summed E-state index contributed by atoms with van der Waals surface area (Å²) in [6, 6.07) is 18.2. The number of rotatable bonds is 14. The van der Waals surface area contributed by atoms with Crippen molar-refractivity contribution in [1.82, 2.24) is 19.4 Å². The van der Waals surface area contributed by atoms with Gasteiger partial charge in [-0.3, -0.25) is 4.79 Å². The molecular formula is C32H32F2N6O4S. The smallest absolute Gasteiger partial charge is 0.322 e. The number of sulfonamides is 1. The van der Waals surface area contributed by atoms with Crippen molar-refractivity contribution in [2.45, 2.75) is 31.7 Å². The van der Waals surface area contributed by atoms with Crippen LogP contribution in [0, 0.1) is 11.6 Å². The molecule has 0 aliphatic rings. The summed E-state index contributed by atoms with van der Waals surface area (Å²) in [4.78, 5) is 25.8. The van der Waals surface area contributed by atoms with Crippen LogP contribution < -0.4 is 9.79 Å². The number of aryl methyl sites for hydroxylation is 1. The van der Waals surface area contributed by atoms with Crippen LogP contribution >= 0.6 is 0 Å². The molecule has 0 unspecified atom stereocenters. The van der Waals surface area contributed by atoms with Crippen molar-refractivity contribution in [1.29, 1.82) is 0 Å². The topological polar surface area (TPSA) is 110 Å². The van der Waals surface area contributed by atoms with Gasteiger partial charge in [-0.15, -0.1) is 0 Å². The van der Waals surface area contributed by atoms with Crippen LogP contribution in [0.5, 0.6) is 0 Å². The van der Waals surface area contributed by atoms with Gasteiger partial charge in [0.05, 0.1) is 11.4 Å². The molecule has 2 heterocycles. The molecular weight excluding hydrogens is 602 g/mol. The molecule has 0 aliphatic heterocycles. The fourth-order valence-electron chi connectivity index (χ4n) is 5.13. The average Bonchev–Trinajstić information content (AvgIpc) is 3.41. The number of nitrogens with one attached hydrogen (secondary N) is 1. The predicted octanol–water partition coefficient (Wildman–Crippen LogP) is 6.14. The Balaban J connectivity index is 1.37. The molecule has 1 N–H and O–H groups in total. The van der Waals surface area contributed by atoms with Gasteiger partial charge in [0.15, 0.2) is 4.90 Å². The summed E-state index contributed by atoms with van der Waals surface area (Å²) in [7, 11) is -4.93. The first-order chi connectivity index (χ1) is 21.8. The van der Waals surface area contributed by atoms with Gasteiger partial charge >= 0.3 is 16.5 Å². The fraction of sp³-hybridized carbons (Fsp3) is 0.219. The van der Waals surface area contributed by atoms with E-state index in [2.05, 4.69) is 61.8 Å². The van der Waals surface area contributed by atoms with Crippen molar-refractivity contribution >= 4 is 44.6 Å². The summed E-state index contributed by atoms with van der Waals surface area (Å²) >= 11 is 0. The van der Waals surface area contributed by atoms with Crippen molar-refractivity contribution in [2.24, 2.45) is 0 Å². The Morgan fingerprint density at radius 3 is 2.36 bits per heavy atom. The molecule has 2 aromatic heterocycles. The second-order valence-electron chi connectivity index (χ2n) is 10.1. The number of anilines is 3. The van der Waals surface area contributed by atoms with Crippen molar-refractivity contribution in [3.63, 3.8) is 0 Å². The zero-order valence-electron chi connectivity index (χ0n) is 24.7. The number of fused-ring (bicyclic) bond motifs is 1. The molecule has 0 saturated heterocycles. The maximum absolute atomic E-state index is 14.3. The molecule has 0 aliphatic carbocycles. The molecule has 0 radical (unpaired) electrons. The van der Waals surface area contributed by atoms with Crippen molar-refractivity contribution in [3.05, 3.63) is 97.0 Å². The molecule has 3 aromatic carbocycles. The van der Waals surface area contributed by atoms with Crippen molar-refractivity contribution in [3.8, 4) is 11.3 Å². The normalized spacial score (nSPS) is 11.6. The van der Waals surface area contributed by atoms with Gasteiger partial charge in [-0.05, 0) is 68.5 Å². The minimum Gasteiger partial charge on any atom is -0.347 e. The number of carbonyl (C=O) groups is 1. The Morgan fingerprint density at radius 1 is 0.956 bits per heavy atom. The monoisotopic (exact) mass is 634 g/mol. The molecule has 0 amide bonds. The summed E-state index contributed by atoms with van der Waals surface area (Å²) < 4.78 is 57.1. The van der Waals surface area contributed by atoms with Gasteiger partial charge in [0.2, 0.25) is 0 Å². The average molecular weight is 635 g/mol. The largest absolute Gasteiger partial charge is 0.347 e. The van der Waals surface area contributed by atoms with Gasteiger partial charge < -0.3 is 19.6 Å². The maximum Gasteiger partial charge on any atom is 0.322 e. The lowest BCUT2D eigenvalue weighted by molar-refractivity contribution is -0.128. The van der Waals surface area contributed by atoms with Gasteiger partial charge in [0.1, 0.15) is 23.8 Å². The Bertz CT molecular complexity index is 1880. The Hall–Kier alpha value is -4.88. The van der Waals surface area contributed by atoms with Crippen LogP contribution in [0.25, 0.3) is 22.2 Å². The summed E-state index contributed by atoms with van der Waals surface area (Å²) in [6.07, 6.45) is 4.57. The molecule has 45 heavy (non-hydrogen) atoms. The number of hydrogen-bond donors (Lipinski definition) is 1. The third-order valence-electron chi connectivity index (χ3n) is 7.38. The van der Waals surface area contributed by atoms with E-state index in [-0.39, 0.29) is 16.6 Å². The molecule has 5 aromatic rings. The molecule has 0 fully saturated rings. The molecule has 234 valence electrons. The summed E-state index contributed by atoms with van der Waals surface area (Å²) in [5.41, 5.74) is 3.14. The zero-order chi connectivity index (χ0) is 32.0. The first kappa shape index (κ1) is 31.5. The van der Waals surface area contributed by atoms with E-state index < -0.39 is 26.6 Å². The number of halogens is 2. The second kappa shape index (κ2) is 13.8. The van der Waals surface area contributed by atoms with Gasteiger partial charge in [0.25, 0.3) is 0 Å². The molecule has 5 rings (SSSR count). The Labute approximate surface area is 259 Å². The number of hydrogen-bond acceptors (Lipinski definition) is 8. The molecule has 0 spiro atoms. The SMILES string of the molecule is CCN(CC)CCCn1cc(-c2cc(Nc3ccc(N(OC=O)S(=O)(=O)c4c(F)cccc4F)cc3)ncn2)c2ccccc21. The highest BCUT2D eigenvalue weighted by atomic mass is 32.2. The van der Waals surface area contributed by atoms with Crippen LogP contribution in [-0.2, 0) is 26.2 Å². The van der Waals surface area contributed by atoms with E-state index in [0.717, 1.165) is 67.3 Å². The van der Waals surface area contributed by atoms with Gasteiger partial charge in [0, 0.05) is 41.0 Å². The van der Waals surface area contributed by atoms with Gasteiger partial charge in [-0.1, -0.05) is 42.6 Å². The maximum atomic E-state index is 14.3. The summed E-state index contributed by atoms with van der Waals surface area (Å²) in [5, 5.41) is 4.22. The summed E-state index contributed by atoms with van der Waals surface area (Å²) in [5.74, 6) is -2.17. The lowest BCUT2D eigenvalue weighted by atomic mass is 10.1. The predicted molar refractivity (Wildman–Crippen MR) is 168 cm³/mol. The van der Waals surface area contributed by atoms with E-state index in [0.29, 0.717) is 17.2 Å². The van der Waals surface area contributed by atoms with Crippen LogP contribution in [0.3, 0.4) is 0 Å². The van der Waals surface area contributed by atoms with Crippen LogP contribution in [0.4, 0.5) is 26.0 Å². The zero-order valence-corrected chi connectivity index (χ0v) is 25.5. The first-order valence-corrected chi connectivity index (χ1v) is 15.8. The number of carbonyl (C=O) groups excluding carboxylic acids is 1. The number of nitrogens with zero attached hydrogens (tertiary/aromatic N) is 5. The number of para-hydroxylation sites is 1. The van der Waals surface area contributed by atoms with Crippen LogP contribution in [-0.4, -0.2) is 54.0 Å². The molecule has 10 nitrogen and oxygen atoms in total. The van der Waals surface area contributed by atoms with Gasteiger partial charge in [-0.2, -0.15) is 8.42 Å². The third kappa shape index (κ3) is 6.79. The Kier molecular flexibility index (Phi) is 9.69. The highest BCUT2D eigenvalue weighted by molar-refractivity contribution is 7.92. The molecule has 0 saturated carbocycles. The van der Waals surface area contributed by atoms with E-state index >= 15 is 0 Å². The van der Waals surface area contributed by atoms with Crippen LogP contribution in [0.1, 0.15) is 20.3 Å². The van der Waals surface area contributed by atoms with Crippen LogP contribution in [0.15, 0.2) is 90.2 Å². The summed E-state index contributed by atoms with van der Waals surface area (Å²) in [6.45, 7) is 8.10. The van der Waals surface area contributed by atoms with E-state index in [1.807, 2.05) is 18.2 Å². The van der Waals surface area contributed by atoms with E-state index in [1.54, 1.807) is 0 Å². The Morgan fingerprint density at radius 2 is 1.67 bits per heavy atom. The molecule has 13 heteroatoms. The minimum atomic E-state index is -4.93. The van der Waals surface area contributed by atoms with Crippen LogP contribution in [0.2, 0.25) is 0 Å². The first-order valence-electron chi connectivity index (χ1n) is 14.4. The standard InChI is InChI=1S/C32H32F2N6O4S/c1-3-38(4-2)17-8-18-39-20-26(25-9-5-6-12-30(25)39)29-19-31(36-21-35-29)37-23-13-15-24(16-14-23)40(44-22-41)45(42,43)32-27(33)10-7-11-28(32)34/h5-7,9-16,19-22H,3-4,8,17-18H2,1-2H3,(H,35,36,37). The number of aromatic nitrogens is 3. The van der Waals surface area contributed by atoms with E-state index in [1.165, 1.54) is 30.6 Å². The molecule has 0 bridgehead atoms. The third-order valence-corrected chi connectivity index (χ3v) is 9.02.